The Bertz CT molecular complexity index is 1340. The van der Waals surface area contributed by atoms with Crippen molar-refractivity contribution in [1.82, 2.24) is 0 Å². The Morgan fingerprint density at radius 2 is 1.64 bits per heavy atom. The maximum atomic E-state index is 13.7. The molecular formula is C28H30O11. The van der Waals surface area contributed by atoms with Crippen molar-refractivity contribution in [3.05, 3.63) is 51.6 Å². The van der Waals surface area contributed by atoms with Crippen LogP contribution in [0.4, 0.5) is 0 Å². The zero-order valence-corrected chi connectivity index (χ0v) is 21.4. The van der Waals surface area contributed by atoms with Gasteiger partial charge in [0.1, 0.15) is 35.6 Å². The quantitative estimate of drug-likeness (QED) is 0.233. The third-order valence-electron chi connectivity index (χ3n) is 7.69. The minimum Gasteiger partial charge on any atom is -0.507 e. The SMILES string of the molecule is CC(=O)Oc1cc(CO)c2c(c1)C(=O)c1cc(OC3OC(C)C(O)C(O)C3O)c(C3CCCC3)c(O)c1C2=O. The Labute approximate surface area is 223 Å². The van der Waals surface area contributed by atoms with Gasteiger partial charge in [-0.3, -0.25) is 14.4 Å². The molecule has 0 spiro atoms. The number of hydrogen-bond donors (Lipinski definition) is 5. The van der Waals surface area contributed by atoms with E-state index in [4.69, 9.17) is 14.2 Å². The number of benzene rings is 2. The molecule has 5 rings (SSSR count). The lowest BCUT2D eigenvalue weighted by Gasteiger charge is -2.39. The molecule has 3 aliphatic rings. The first-order valence-corrected chi connectivity index (χ1v) is 12.8. The van der Waals surface area contributed by atoms with Crippen molar-refractivity contribution < 1.29 is 54.1 Å². The summed E-state index contributed by atoms with van der Waals surface area (Å²) < 4.78 is 16.6. The molecule has 2 aliphatic carbocycles. The van der Waals surface area contributed by atoms with E-state index < -0.39 is 60.6 Å². The molecule has 11 nitrogen and oxygen atoms in total. The van der Waals surface area contributed by atoms with E-state index in [1.165, 1.54) is 32.0 Å². The van der Waals surface area contributed by atoms with Crippen LogP contribution in [-0.2, 0) is 16.1 Å². The van der Waals surface area contributed by atoms with Gasteiger partial charge in [-0.2, -0.15) is 0 Å². The number of fused-ring (bicyclic) bond motifs is 2. The summed E-state index contributed by atoms with van der Waals surface area (Å²) in [5.74, 6) is -2.69. The maximum Gasteiger partial charge on any atom is 0.308 e. The number of carbonyl (C=O) groups excluding carboxylic acids is 3. The van der Waals surface area contributed by atoms with Crippen LogP contribution >= 0.6 is 0 Å². The molecule has 2 aromatic carbocycles. The number of ether oxygens (including phenoxy) is 3. The van der Waals surface area contributed by atoms with Crippen LogP contribution in [0.2, 0.25) is 0 Å². The van der Waals surface area contributed by atoms with Crippen molar-refractivity contribution in [3.8, 4) is 17.2 Å². The van der Waals surface area contributed by atoms with Gasteiger partial charge >= 0.3 is 5.97 Å². The number of esters is 1. The van der Waals surface area contributed by atoms with Crippen molar-refractivity contribution in [1.29, 1.82) is 0 Å². The molecule has 2 fully saturated rings. The fourth-order valence-electron chi connectivity index (χ4n) is 5.75. The summed E-state index contributed by atoms with van der Waals surface area (Å²) in [6, 6.07) is 3.83. The van der Waals surface area contributed by atoms with Gasteiger partial charge in [0.15, 0.2) is 11.6 Å². The maximum absolute atomic E-state index is 13.7. The minimum absolute atomic E-state index is 0.00103. The predicted molar refractivity (Wildman–Crippen MR) is 133 cm³/mol. The van der Waals surface area contributed by atoms with Crippen LogP contribution in [0.15, 0.2) is 18.2 Å². The Balaban J connectivity index is 1.65. The van der Waals surface area contributed by atoms with Crippen molar-refractivity contribution >= 4 is 17.5 Å². The van der Waals surface area contributed by atoms with E-state index >= 15 is 0 Å². The monoisotopic (exact) mass is 542 g/mol. The summed E-state index contributed by atoms with van der Waals surface area (Å²) in [5.41, 5.74) is -0.271. The first-order chi connectivity index (χ1) is 18.5. The van der Waals surface area contributed by atoms with Crippen LogP contribution in [0.25, 0.3) is 0 Å². The van der Waals surface area contributed by atoms with E-state index in [1.54, 1.807) is 0 Å². The molecule has 5 unspecified atom stereocenters. The highest BCUT2D eigenvalue weighted by molar-refractivity contribution is 6.30. The molecule has 39 heavy (non-hydrogen) atoms. The highest BCUT2D eigenvalue weighted by atomic mass is 16.7. The number of rotatable bonds is 5. The third-order valence-corrected chi connectivity index (χ3v) is 7.69. The minimum atomic E-state index is -1.64. The molecule has 208 valence electrons. The molecule has 0 bridgehead atoms. The molecular weight excluding hydrogens is 512 g/mol. The van der Waals surface area contributed by atoms with Crippen LogP contribution in [0, 0.1) is 0 Å². The van der Waals surface area contributed by atoms with E-state index in [2.05, 4.69) is 0 Å². The van der Waals surface area contributed by atoms with E-state index in [1.807, 2.05) is 0 Å². The van der Waals surface area contributed by atoms with Gasteiger partial charge in [0.05, 0.1) is 18.3 Å². The zero-order valence-electron chi connectivity index (χ0n) is 21.4. The topological polar surface area (TPSA) is 180 Å². The normalized spacial score (nSPS) is 26.8. The van der Waals surface area contributed by atoms with Crippen molar-refractivity contribution in [3.63, 3.8) is 0 Å². The average molecular weight is 543 g/mol. The molecule has 0 radical (unpaired) electrons. The summed E-state index contributed by atoms with van der Waals surface area (Å²) in [5, 5.41) is 52.3. The van der Waals surface area contributed by atoms with Crippen LogP contribution in [-0.4, -0.2) is 73.8 Å². The summed E-state index contributed by atoms with van der Waals surface area (Å²) >= 11 is 0. The Morgan fingerprint density at radius 3 is 2.28 bits per heavy atom. The molecule has 5 N–H and O–H groups in total. The van der Waals surface area contributed by atoms with Gasteiger partial charge in [0.25, 0.3) is 0 Å². The number of carbonyl (C=O) groups is 3. The lowest BCUT2D eigenvalue weighted by Crippen LogP contribution is -2.58. The zero-order chi connectivity index (χ0) is 28.2. The van der Waals surface area contributed by atoms with Gasteiger partial charge in [-0.15, -0.1) is 0 Å². The van der Waals surface area contributed by atoms with Crippen LogP contribution in [0.5, 0.6) is 17.2 Å². The molecule has 11 heteroatoms. The van der Waals surface area contributed by atoms with Gasteiger partial charge in [-0.1, -0.05) is 12.8 Å². The number of aliphatic hydroxyl groups is 4. The highest BCUT2D eigenvalue weighted by Gasteiger charge is 2.45. The van der Waals surface area contributed by atoms with Crippen LogP contribution in [0.1, 0.15) is 88.4 Å². The van der Waals surface area contributed by atoms with Gasteiger partial charge in [0.2, 0.25) is 6.29 Å². The van der Waals surface area contributed by atoms with E-state index in [0.29, 0.717) is 12.8 Å². The second-order valence-electron chi connectivity index (χ2n) is 10.3. The fraction of sp³-hybridized carbons (Fsp3) is 0.464. The summed E-state index contributed by atoms with van der Waals surface area (Å²) in [6.07, 6.45) is -3.77. The van der Waals surface area contributed by atoms with Crippen LogP contribution in [0.3, 0.4) is 0 Å². The Kier molecular flexibility index (Phi) is 7.21. The fourth-order valence-corrected chi connectivity index (χ4v) is 5.75. The summed E-state index contributed by atoms with van der Waals surface area (Å²) in [4.78, 5) is 38.9. The summed E-state index contributed by atoms with van der Waals surface area (Å²) in [7, 11) is 0. The van der Waals surface area contributed by atoms with Gasteiger partial charge < -0.3 is 39.7 Å². The molecule has 1 saturated heterocycles. The number of phenolic OH excluding ortho intramolecular Hbond substituents is 1. The molecule has 0 aromatic heterocycles. The van der Waals surface area contributed by atoms with E-state index in [-0.39, 0.29) is 50.8 Å². The molecule has 2 aromatic rings. The van der Waals surface area contributed by atoms with Crippen molar-refractivity contribution in [2.75, 3.05) is 0 Å². The second kappa shape index (κ2) is 10.3. The Morgan fingerprint density at radius 1 is 0.974 bits per heavy atom. The number of aliphatic hydroxyl groups excluding tert-OH is 4. The summed E-state index contributed by atoms with van der Waals surface area (Å²) in [6.45, 7) is 2.05. The number of aromatic hydroxyl groups is 1. The average Bonchev–Trinajstić information content (AvgIpc) is 3.42. The lowest BCUT2D eigenvalue weighted by atomic mass is 9.79. The molecule has 1 saturated carbocycles. The van der Waals surface area contributed by atoms with Crippen molar-refractivity contribution in [2.24, 2.45) is 0 Å². The third kappa shape index (κ3) is 4.60. The van der Waals surface area contributed by atoms with Gasteiger partial charge in [-0.25, -0.2) is 0 Å². The highest BCUT2D eigenvalue weighted by Crippen LogP contribution is 2.49. The van der Waals surface area contributed by atoms with Crippen molar-refractivity contribution in [2.45, 2.75) is 82.8 Å². The smallest absolute Gasteiger partial charge is 0.308 e. The molecule has 5 atom stereocenters. The van der Waals surface area contributed by atoms with Gasteiger partial charge in [0, 0.05) is 29.2 Å². The largest absolute Gasteiger partial charge is 0.507 e. The number of ketones is 2. The Hall–Kier alpha value is -3.35. The number of hydrogen-bond acceptors (Lipinski definition) is 11. The molecule has 0 amide bonds. The van der Waals surface area contributed by atoms with E-state index in [0.717, 1.165) is 12.8 Å². The van der Waals surface area contributed by atoms with E-state index in [9.17, 15) is 39.9 Å². The second-order valence-corrected chi connectivity index (χ2v) is 10.3. The lowest BCUT2D eigenvalue weighted by molar-refractivity contribution is -0.268. The predicted octanol–water partition coefficient (Wildman–Crippen LogP) is 1.45. The van der Waals surface area contributed by atoms with Crippen LogP contribution < -0.4 is 9.47 Å². The van der Waals surface area contributed by atoms with Gasteiger partial charge in [-0.05, 0) is 49.4 Å². The molecule has 1 aliphatic heterocycles. The standard InChI is InChI=1S/C28H30O11/c1-11-22(31)26(35)27(36)28(37-11)39-18-9-17-21(25(34)20(18)13-5-3-4-6-13)24(33)19-14(10-29)7-15(38-12(2)30)8-16(19)23(17)32/h7-9,11,13,22,26-29,31,34-36H,3-6,10H2,1-2H3. The number of phenols is 1. The molecule has 1 heterocycles. The first kappa shape index (κ1) is 27.2. The first-order valence-electron chi connectivity index (χ1n) is 12.8.